The van der Waals surface area contributed by atoms with Crippen LogP contribution in [0.5, 0.6) is 5.88 Å². The summed E-state index contributed by atoms with van der Waals surface area (Å²) < 4.78 is 5.26. The number of hydrogen-bond acceptors (Lipinski definition) is 6. The molecule has 1 aromatic rings. The molecule has 2 rings (SSSR count). The Labute approximate surface area is 114 Å². The van der Waals surface area contributed by atoms with Crippen molar-refractivity contribution in [3.8, 4) is 5.88 Å². The molecule has 0 bridgehead atoms. The number of anilines is 1. The Bertz CT molecular complexity index is 412. The summed E-state index contributed by atoms with van der Waals surface area (Å²) in [5.74, 6) is 1.65. The van der Waals surface area contributed by atoms with Crippen LogP contribution in [0.1, 0.15) is 12.0 Å². The second-order valence-electron chi connectivity index (χ2n) is 4.80. The summed E-state index contributed by atoms with van der Waals surface area (Å²) in [5.41, 5.74) is 6.64. The summed E-state index contributed by atoms with van der Waals surface area (Å²) in [6.45, 7) is 7.83. The monoisotopic (exact) mass is 265 g/mol. The van der Waals surface area contributed by atoms with Gasteiger partial charge in [0.25, 0.3) is 0 Å². The molecule has 0 atom stereocenters. The number of aromatic nitrogens is 2. The Kier molecular flexibility index (Phi) is 4.93. The normalized spacial score (nSPS) is 17.3. The van der Waals surface area contributed by atoms with Gasteiger partial charge in [0.1, 0.15) is 12.1 Å². The highest BCUT2D eigenvalue weighted by molar-refractivity contribution is 5.50. The minimum atomic E-state index is 0.660. The number of ether oxygens (including phenoxy) is 1. The molecule has 1 aromatic heterocycles. The van der Waals surface area contributed by atoms with E-state index >= 15 is 0 Å². The van der Waals surface area contributed by atoms with E-state index in [1.807, 2.05) is 6.92 Å². The molecule has 19 heavy (non-hydrogen) atoms. The quantitative estimate of drug-likeness (QED) is 0.842. The summed E-state index contributed by atoms with van der Waals surface area (Å²) in [6, 6.07) is 0. The Morgan fingerprint density at radius 2 is 2.11 bits per heavy atom. The molecule has 0 spiro atoms. The summed E-state index contributed by atoms with van der Waals surface area (Å²) in [4.78, 5) is 13.3. The minimum Gasteiger partial charge on any atom is -0.481 e. The second-order valence-corrected chi connectivity index (χ2v) is 4.80. The van der Waals surface area contributed by atoms with Gasteiger partial charge in [-0.25, -0.2) is 9.97 Å². The summed E-state index contributed by atoms with van der Waals surface area (Å²) in [6.07, 6.45) is 2.70. The van der Waals surface area contributed by atoms with E-state index in [4.69, 9.17) is 10.5 Å². The summed E-state index contributed by atoms with van der Waals surface area (Å²) in [7, 11) is 1.64. The lowest BCUT2D eigenvalue weighted by Gasteiger charge is -2.24. The molecule has 1 aliphatic rings. The van der Waals surface area contributed by atoms with E-state index in [9.17, 15) is 0 Å². The number of hydrogen-bond donors (Lipinski definition) is 1. The maximum absolute atomic E-state index is 5.63. The van der Waals surface area contributed by atoms with Gasteiger partial charge in [-0.3, -0.25) is 0 Å². The predicted molar refractivity (Wildman–Crippen MR) is 75.6 cm³/mol. The molecule has 1 saturated heterocycles. The molecule has 1 fully saturated rings. The minimum absolute atomic E-state index is 0.660. The first-order valence-corrected chi connectivity index (χ1v) is 6.79. The standard InChI is InChI=1S/C13H23N5O/c1-11-12(15-10-16-13(11)19-2)18-6-3-5-17(7-4-14)8-9-18/h10H,3-9,14H2,1-2H3. The van der Waals surface area contributed by atoms with Gasteiger partial charge >= 0.3 is 0 Å². The van der Waals surface area contributed by atoms with Crippen LogP contribution in [0.3, 0.4) is 0 Å². The average Bonchev–Trinajstić information content (AvgIpc) is 2.65. The highest BCUT2D eigenvalue weighted by Crippen LogP contribution is 2.24. The Morgan fingerprint density at radius 1 is 1.26 bits per heavy atom. The smallest absolute Gasteiger partial charge is 0.221 e. The average molecular weight is 265 g/mol. The van der Waals surface area contributed by atoms with Gasteiger partial charge in [-0.2, -0.15) is 0 Å². The Balaban J connectivity index is 2.10. The van der Waals surface area contributed by atoms with Crippen LogP contribution in [0.25, 0.3) is 0 Å². The zero-order chi connectivity index (χ0) is 13.7. The molecular formula is C13H23N5O. The molecule has 6 heteroatoms. The molecule has 0 aliphatic carbocycles. The Morgan fingerprint density at radius 3 is 2.84 bits per heavy atom. The number of nitrogens with zero attached hydrogens (tertiary/aromatic N) is 4. The highest BCUT2D eigenvalue weighted by atomic mass is 16.5. The van der Waals surface area contributed by atoms with Crippen molar-refractivity contribution >= 4 is 5.82 Å². The van der Waals surface area contributed by atoms with Crippen LogP contribution in [0, 0.1) is 6.92 Å². The van der Waals surface area contributed by atoms with Crippen LogP contribution in [0.4, 0.5) is 5.82 Å². The van der Waals surface area contributed by atoms with Crippen LogP contribution < -0.4 is 15.4 Å². The first kappa shape index (κ1) is 14.0. The number of rotatable bonds is 4. The Hall–Kier alpha value is -1.40. The van der Waals surface area contributed by atoms with Gasteiger partial charge in [0.15, 0.2) is 0 Å². The van der Waals surface area contributed by atoms with E-state index in [2.05, 4.69) is 19.8 Å². The maximum atomic E-state index is 5.63. The van der Waals surface area contributed by atoms with E-state index in [0.29, 0.717) is 5.88 Å². The van der Waals surface area contributed by atoms with Crippen LogP contribution in [0.2, 0.25) is 0 Å². The lowest BCUT2D eigenvalue weighted by Crippen LogP contribution is -2.34. The van der Waals surface area contributed by atoms with Crippen molar-refractivity contribution in [2.75, 3.05) is 51.3 Å². The first-order chi connectivity index (χ1) is 9.26. The van der Waals surface area contributed by atoms with Crippen molar-refractivity contribution in [1.29, 1.82) is 0 Å². The third-order valence-electron chi connectivity index (χ3n) is 3.54. The lowest BCUT2D eigenvalue weighted by atomic mass is 10.3. The number of nitrogens with two attached hydrogens (primary N) is 1. The fourth-order valence-electron chi connectivity index (χ4n) is 2.54. The van der Waals surface area contributed by atoms with E-state index in [-0.39, 0.29) is 0 Å². The van der Waals surface area contributed by atoms with Crippen molar-refractivity contribution in [3.05, 3.63) is 11.9 Å². The third kappa shape index (κ3) is 3.33. The van der Waals surface area contributed by atoms with Crippen LogP contribution in [0.15, 0.2) is 6.33 Å². The van der Waals surface area contributed by atoms with Gasteiger partial charge < -0.3 is 20.3 Å². The molecule has 2 heterocycles. The molecular weight excluding hydrogens is 242 g/mol. The maximum Gasteiger partial charge on any atom is 0.221 e. The fraction of sp³-hybridized carbons (Fsp3) is 0.692. The topological polar surface area (TPSA) is 67.5 Å². The molecule has 106 valence electrons. The second kappa shape index (κ2) is 6.68. The fourth-order valence-corrected chi connectivity index (χ4v) is 2.54. The molecule has 0 saturated carbocycles. The van der Waals surface area contributed by atoms with Crippen LogP contribution in [-0.2, 0) is 0 Å². The van der Waals surface area contributed by atoms with E-state index in [0.717, 1.165) is 57.1 Å². The molecule has 0 aromatic carbocycles. The zero-order valence-corrected chi connectivity index (χ0v) is 11.8. The number of methoxy groups -OCH3 is 1. The molecule has 0 unspecified atom stereocenters. The van der Waals surface area contributed by atoms with Crippen molar-refractivity contribution in [3.63, 3.8) is 0 Å². The van der Waals surface area contributed by atoms with Gasteiger partial charge in [-0.15, -0.1) is 0 Å². The van der Waals surface area contributed by atoms with Gasteiger partial charge in [0.05, 0.1) is 12.7 Å². The van der Waals surface area contributed by atoms with Gasteiger partial charge in [0, 0.05) is 32.7 Å². The van der Waals surface area contributed by atoms with Crippen molar-refractivity contribution < 1.29 is 4.74 Å². The summed E-state index contributed by atoms with van der Waals surface area (Å²) in [5, 5.41) is 0. The van der Waals surface area contributed by atoms with Crippen molar-refractivity contribution in [2.24, 2.45) is 5.73 Å². The molecule has 2 N–H and O–H groups in total. The predicted octanol–water partition coefficient (Wildman–Crippen LogP) is 0.264. The van der Waals surface area contributed by atoms with E-state index in [1.165, 1.54) is 0 Å². The van der Waals surface area contributed by atoms with E-state index in [1.54, 1.807) is 13.4 Å². The van der Waals surface area contributed by atoms with Crippen molar-refractivity contribution in [2.45, 2.75) is 13.3 Å². The summed E-state index contributed by atoms with van der Waals surface area (Å²) >= 11 is 0. The van der Waals surface area contributed by atoms with Crippen LogP contribution >= 0.6 is 0 Å². The largest absolute Gasteiger partial charge is 0.481 e. The van der Waals surface area contributed by atoms with Gasteiger partial charge in [-0.1, -0.05) is 0 Å². The zero-order valence-electron chi connectivity index (χ0n) is 11.8. The molecule has 0 amide bonds. The molecule has 1 aliphatic heterocycles. The molecule has 6 nitrogen and oxygen atoms in total. The third-order valence-corrected chi connectivity index (χ3v) is 3.54. The highest BCUT2D eigenvalue weighted by Gasteiger charge is 2.18. The van der Waals surface area contributed by atoms with Crippen molar-refractivity contribution in [1.82, 2.24) is 14.9 Å². The molecule has 0 radical (unpaired) electrons. The van der Waals surface area contributed by atoms with Crippen LogP contribution in [-0.4, -0.2) is 61.2 Å². The van der Waals surface area contributed by atoms with E-state index < -0.39 is 0 Å². The SMILES string of the molecule is COc1ncnc(N2CCCN(CCN)CC2)c1C. The lowest BCUT2D eigenvalue weighted by molar-refractivity contribution is 0.302. The van der Waals surface area contributed by atoms with Gasteiger partial charge in [0.2, 0.25) is 5.88 Å². The van der Waals surface area contributed by atoms with Gasteiger partial charge in [-0.05, 0) is 19.9 Å². The first-order valence-electron chi connectivity index (χ1n) is 6.79.